The standard InChI is InChI=1S/C17H26ClN3O3S/c1-12-5-6-14(18)11-16(12)21(25(4,23)24)13(2)17(22)19-15-7-9-20(3)10-8-15/h5-6,11,13,15H,7-10H2,1-4H3,(H,19,22). The Labute approximate surface area is 155 Å². The molecular formula is C17H26ClN3O3S. The summed E-state index contributed by atoms with van der Waals surface area (Å²) in [5, 5.41) is 3.42. The van der Waals surface area contributed by atoms with Crippen LogP contribution in [0.5, 0.6) is 0 Å². The second kappa shape index (κ2) is 7.93. The van der Waals surface area contributed by atoms with Gasteiger partial charge in [0.1, 0.15) is 6.04 Å². The lowest BCUT2D eigenvalue weighted by Gasteiger charge is -2.33. The molecule has 1 aliphatic heterocycles. The smallest absolute Gasteiger partial charge is 0.243 e. The summed E-state index contributed by atoms with van der Waals surface area (Å²) < 4.78 is 25.9. The lowest BCUT2D eigenvalue weighted by molar-refractivity contribution is -0.122. The largest absolute Gasteiger partial charge is 0.351 e. The number of nitrogens with zero attached hydrogens (tertiary/aromatic N) is 2. The van der Waals surface area contributed by atoms with E-state index in [1.807, 2.05) is 7.05 Å². The highest BCUT2D eigenvalue weighted by Crippen LogP contribution is 2.28. The van der Waals surface area contributed by atoms with Crippen LogP contribution in [0.1, 0.15) is 25.3 Å². The third-order valence-corrected chi connectivity index (χ3v) is 6.02. The number of likely N-dealkylation sites (tertiary alicyclic amines) is 1. The molecule has 25 heavy (non-hydrogen) atoms. The summed E-state index contributed by atoms with van der Waals surface area (Å²) in [5.74, 6) is -0.292. The van der Waals surface area contributed by atoms with E-state index in [4.69, 9.17) is 11.6 Å². The first kappa shape index (κ1) is 20.0. The average Bonchev–Trinajstić information content (AvgIpc) is 2.51. The van der Waals surface area contributed by atoms with Gasteiger partial charge in [-0.1, -0.05) is 17.7 Å². The quantitative estimate of drug-likeness (QED) is 0.839. The van der Waals surface area contributed by atoms with Gasteiger partial charge >= 0.3 is 0 Å². The molecule has 1 saturated heterocycles. The van der Waals surface area contributed by atoms with E-state index in [0.717, 1.165) is 42.1 Å². The molecule has 2 rings (SSSR count). The normalized spacial score (nSPS) is 18.0. The van der Waals surface area contributed by atoms with Crippen LogP contribution >= 0.6 is 11.6 Å². The summed E-state index contributed by atoms with van der Waals surface area (Å²) in [4.78, 5) is 14.9. The fraction of sp³-hybridized carbons (Fsp3) is 0.588. The van der Waals surface area contributed by atoms with Crippen molar-refractivity contribution in [3.05, 3.63) is 28.8 Å². The number of piperidine rings is 1. The molecule has 0 saturated carbocycles. The summed E-state index contributed by atoms with van der Waals surface area (Å²) >= 11 is 6.04. The minimum Gasteiger partial charge on any atom is -0.351 e. The van der Waals surface area contributed by atoms with Gasteiger partial charge in [0.25, 0.3) is 0 Å². The van der Waals surface area contributed by atoms with Crippen LogP contribution in [0, 0.1) is 6.92 Å². The van der Waals surface area contributed by atoms with Crippen molar-refractivity contribution in [2.45, 2.75) is 38.8 Å². The van der Waals surface area contributed by atoms with Gasteiger partial charge in [-0.15, -0.1) is 0 Å². The molecule has 1 aliphatic rings. The van der Waals surface area contributed by atoms with Crippen molar-refractivity contribution in [1.29, 1.82) is 0 Å². The highest BCUT2D eigenvalue weighted by molar-refractivity contribution is 7.92. The number of rotatable bonds is 5. The Morgan fingerprint density at radius 1 is 1.36 bits per heavy atom. The van der Waals surface area contributed by atoms with Crippen molar-refractivity contribution in [2.24, 2.45) is 0 Å². The lowest BCUT2D eigenvalue weighted by Crippen LogP contribution is -2.52. The first-order valence-corrected chi connectivity index (χ1v) is 10.6. The number of amides is 1. The average molecular weight is 388 g/mol. The Morgan fingerprint density at radius 2 is 1.96 bits per heavy atom. The molecule has 0 aliphatic carbocycles. The van der Waals surface area contributed by atoms with Crippen LogP contribution in [0.3, 0.4) is 0 Å². The van der Waals surface area contributed by atoms with Crippen LogP contribution in [0.25, 0.3) is 0 Å². The van der Waals surface area contributed by atoms with Gasteiger partial charge in [-0.2, -0.15) is 0 Å². The van der Waals surface area contributed by atoms with Crippen LogP contribution in [-0.2, 0) is 14.8 Å². The van der Waals surface area contributed by atoms with Gasteiger partial charge < -0.3 is 10.2 Å². The van der Waals surface area contributed by atoms with Crippen LogP contribution < -0.4 is 9.62 Å². The maximum Gasteiger partial charge on any atom is 0.243 e. The molecule has 0 bridgehead atoms. The molecule has 1 heterocycles. The molecule has 1 fully saturated rings. The minimum atomic E-state index is -3.65. The van der Waals surface area contributed by atoms with Gasteiger partial charge in [0.05, 0.1) is 11.9 Å². The highest BCUT2D eigenvalue weighted by atomic mass is 35.5. The van der Waals surface area contributed by atoms with E-state index in [-0.39, 0.29) is 11.9 Å². The zero-order valence-electron chi connectivity index (χ0n) is 15.1. The first-order chi connectivity index (χ1) is 11.6. The fourth-order valence-electron chi connectivity index (χ4n) is 3.08. The van der Waals surface area contributed by atoms with Crippen LogP contribution in [0.2, 0.25) is 5.02 Å². The summed E-state index contributed by atoms with van der Waals surface area (Å²) in [6, 6.07) is 4.25. The Morgan fingerprint density at radius 3 is 2.52 bits per heavy atom. The maximum absolute atomic E-state index is 12.7. The molecule has 1 atom stereocenters. The molecular weight excluding hydrogens is 362 g/mol. The minimum absolute atomic E-state index is 0.0769. The number of carbonyl (C=O) groups is 1. The van der Waals surface area contributed by atoms with E-state index in [0.29, 0.717) is 10.7 Å². The number of anilines is 1. The summed E-state index contributed by atoms with van der Waals surface area (Å²) in [7, 11) is -1.60. The van der Waals surface area contributed by atoms with Crippen molar-refractivity contribution in [1.82, 2.24) is 10.2 Å². The molecule has 1 aromatic rings. The number of hydrogen-bond acceptors (Lipinski definition) is 4. The zero-order valence-corrected chi connectivity index (χ0v) is 16.7. The summed E-state index contributed by atoms with van der Waals surface area (Å²) in [6.07, 6.45) is 2.83. The highest BCUT2D eigenvalue weighted by Gasteiger charge is 2.31. The van der Waals surface area contributed by atoms with Gasteiger partial charge in [0.15, 0.2) is 0 Å². The maximum atomic E-state index is 12.7. The Balaban J connectivity index is 2.23. The molecule has 0 spiro atoms. The number of halogens is 1. The Kier molecular flexibility index (Phi) is 6.35. The van der Waals surface area contributed by atoms with Crippen molar-refractivity contribution < 1.29 is 13.2 Å². The van der Waals surface area contributed by atoms with E-state index < -0.39 is 16.1 Å². The van der Waals surface area contributed by atoms with E-state index in [9.17, 15) is 13.2 Å². The van der Waals surface area contributed by atoms with E-state index in [2.05, 4.69) is 10.2 Å². The van der Waals surface area contributed by atoms with Crippen LogP contribution in [0.15, 0.2) is 18.2 Å². The SMILES string of the molecule is Cc1ccc(Cl)cc1N(C(C)C(=O)NC1CCN(C)CC1)S(C)(=O)=O. The van der Waals surface area contributed by atoms with Gasteiger partial charge in [0.2, 0.25) is 15.9 Å². The lowest BCUT2D eigenvalue weighted by atomic mass is 10.1. The number of hydrogen-bond donors (Lipinski definition) is 1. The Bertz CT molecular complexity index is 731. The molecule has 0 aromatic heterocycles. The van der Waals surface area contributed by atoms with E-state index >= 15 is 0 Å². The molecule has 0 radical (unpaired) electrons. The fourth-order valence-corrected chi connectivity index (χ4v) is 4.47. The number of sulfonamides is 1. The molecule has 140 valence electrons. The predicted octanol–water partition coefficient (Wildman–Crippen LogP) is 2.01. The second-order valence-corrected chi connectivity index (χ2v) is 9.05. The van der Waals surface area contributed by atoms with Gasteiger partial charge in [-0.05, 0) is 64.5 Å². The third kappa shape index (κ3) is 5.09. The molecule has 1 aromatic carbocycles. The second-order valence-electron chi connectivity index (χ2n) is 6.75. The van der Waals surface area contributed by atoms with Crippen molar-refractivity contribution in [3.8, 4) is 0 Å². The number of nitrogens with one attached hydrogen (secondary N) is 1. The predicted molar refractivity (Wildman–Crippen MR) is 102 cm³/mol. The summed E-state index contributed by atoms with van der Waals surface area (Å²) in [6.45, 7) is 5.24. The van der Waals surface area contributed by atoms with E-state index in [1.165, 1.54) is 0 Å². The molecule has 6 nitrogen and oxygen atoms in total. The van der Waals surface area contributed by atoms with Gasteiger partial charge in [-0.3, -0.25) is 9.10 Å². The van der Waals surface area contributed by atoms with Crippen LogP contribution in [-0.4, -0.2) is 57.7 Å². The van der Waals surface area contributed by atoms with Crippen LogP contribution in [0.4, 0.5) is 5.69 Å². The number of aryl methyl sites for hydroxylation is 1. The third-order valence-electron chi connectivity index (χ3n) is 4.56. The first-order valence-electron chi connectivity index (χ1n) is 8.34. The zero-order chi connectivity index (χ0) is 18.8. The van der Waals surface area contributed by atoms with Gasteiger partial charge in [0, 0.05) is 11.1 Å². The van der Waals surface area contributed by atoms with E-state index in [1.54, 1.807) is 32.0 Å². The molecule has 1 N–H and O–H groups in total. The van der Waals surface area contributed by atoms with Gasteiger partial charge in [-0.25, -0.2) is 8.42 Å². The Hall–Kier alpha value is -1.31. The van der Waals surface area contributed by atoms with Crippen molar-refractivity contribution in [3.63, 3.8) is 0 Å². The molecule has 1 unspecified atom stereocenters. The van der Waals surface area contributed by atoms with Crippen molar-refractivity contribution in [2.75, 3.05) is 30.7 Å². The number of benzene rings is 1. The molecule has 8 heteroatoms. The topological polar surface area (TPSA) is 69.7 Å². The molecule has 1 amide bonds. The summed E-state index contributed by atoms with van der Waals surface area (Å²) in [5.41, 5.74) is 1.18. The number of carbonyl (C=O) groups excluding carboxylic acids is 1. The monoisotopic (exact) mass is 387 g/mol. The van der Waals surface area contributed by atoms with Crippen molar-refractivity contribution >= 4 is 33.2 Å².